The lowest BCUT2D eigenvalue weighted by Gasteiger charge is -2.08. The van der Waals surface area contributed by atoms with Gasteiger partial charge in [0.05, 0.1) is 12.1 Å². The molecule has 108 valence electrons. The maximum absolute atomic E-state index is 13.3. The van der Waals surface area contributed by atoms with Crippen LogP contribution in [0.4, 0.5) is 8.78 Å². The molecule has 0 aliphatic heterocycles. The van der Waals surface area contributed by atoms with Crippen LogP contribution < -0.4 is 4.74 Å². The highest BCUT2D eigenvalue weighted by Gasteiger charge is 2.08. The number of nitrogens with zero attached hydrogens (tertiary/aromatic N) is 1. The van der Waals surface area contributed by atoms with E-state index in [1.54, 1.807) is 6.07 Å². The maximum atomic E-state index is 13.3. The van der Waals surface area contributed by atoms with Gasteiger partial charge in [-0.05, 0) is 42.8 Å². The Morgan fingerprint density at radius 1 is 1.05 bits per heavy atom. The van der Waals surface area contributed by atoms with Gasteiger partial charge in [0.1, 0.15) is 5.75 Å². The second-order valence-corrected chi connectivity index (χ2v) is 4.81. The van der Waals surface area contributed by atoms with E-state index in [-0.39, 0.29) is 0 Å². The number of benzene rings is 2. The summed E-state index contributed by atoms with van der Waals surface area (Å²) in [5, 5.41) is 1.02. The molecular weight excluding hydrogens is 272 g/mol. The molecule has 0 aliphatic rings. The van der Waals surface area contributed by atoms with Gasteiger partial charge >= 0.3 is 0 Å². The first-order valence-corrected chi connectivity index (χ1v) is 6.83. The molecule has 0 fully saturated rings. The number of hydrogen-bond donors (Lipinski definition) is 0. The third kappa shape index (κ3) is 2.61. The monoisotopic (exact) mass is 287 g/mol. The Labute approximate surface area is 121 Å². The Balaban J connectivity index is 1.97. The van der Waals surface area contributed by atoms with E-state index in [0.29, 0.717) is 18.7 Å². The van der Waals surface area contributed by atoms with Crippen LogP contribution in [0.25, 0.3) is 10.9 Å². The molecule has 0 saturated carbocycles. The van der Waals surface area contributed by atoms with Crippen molar-refractivity contribution in [3.8, 4) is 5.75 Å². The fourth-order valence-electron chi connectivity index (χ4n) is 2.45. The molecule has 0 atom stereocenters. The summed E-state index contributed by atoms with van der Waals surface area (Å²) in [6.07, 6.45) is 1.93. The molecule has 0 bridgehead atoms. The smallest absolute Gasteiger partial charge is 0.159 e. The van der Waals surface area contributed by atoms with Crippen LogP contribution in [0.3, 0.4) is 0 Å². The van der Waals surface area contributed by atoms with Crippen molar-refractivity contribution < 1.29 is 13.5 Å². The Kier molecular flexibility index (Phi) is 3.60. The predicted molar refractivity (Wildman–Crippen MR) is 78.6 cm³/mol. The van der Waals surface area contributed by atoms with Gasteiger partial charge in [-0.3, -0.25) is 0 Å². The van der Waals surface area contributed by atoms with E-state index in [9.17, 15) is 8.78 Å². The van der Waals surface area contributed by atoms with Crippen LogP contribution in [0.1, 0.15) is 12.5 Å². The van der Waals surface area contributed by atoms with Gasteiger partial charge in [-0.15, -0.1) is 0 Å². The highest BCUT2D eigenvalue weighted by atomic mass is 19.2. The Morgan fingerprint density at radius 3 is 2.67 bits per heavy atom. The van der Waals surface area contributed by atoms with E-state index in [2.05, 4.69) is 0 Å². The summed E-state index contributed by atoms with van der Waals surface area (Å²) in [6.45, 7) is 3.03. The van der Waals surface area contributed by atoms with Crippen LogP contribution >= 0.6 is 0 Å². The number of hydrogen-bond acceptors (Lipinski definition) is 1. The van der Waals surface area contributed by atoms with Crippen LogP contribution in [0.2, 0.25) is 0 Å². The average Bonchev–Trinajstić information content (AvgIpc) is 2.88. The molecule has 3 aromatic rings. The second-order valence-electron chi connectivity index (χ2n) is 4.81. The Bertz CT molecular complexity index is 780. The molecular formula is C17H15F2NO. The first-order valence-electron chi connectivity index (χ1n) is 6.83. The Hall–Kier alpha value is -2.36. The van der Waals surface area contributed by atoms with Gasteiger partial charge in [-0.2, -0.15) is 0 Å². The van der Waals surface area contributed by atoms with E-state index < -0.39 is 11.6 Å². The average molecular weight is 287 g/mol. The fraction of sp³-hybridized carbons (Fsp3) is 0.176. The minimum Gasteiger partial charge on any atom is -0.493 e. The minimum absolute atomic E-state index is 0.482. The Morgan fingerprint density at radius 2 is 1.90 bits per heavy atom. The van der Waals surface area contributed by atoms with Crippen molar-refractivity contribution in [1.29, 1.82) is 0 Å². The van der Waals surface area contributed by atoms with Crippen molar-refractivity contribution in [3.63, 3.8) is 0 Å². The van der Waals surface area contributed by atoms with Crippen LogP contribution in [0.15, 0.2) is 48.7 Å². The molecule has 2 nitrogen and oxygen atoms in total. The zero-order valence-corrected chi connectivity index (χ0v) is 11.6. The second kappa shape index (κ2) is 5.56. The summed E-state index contributed by atoms with van der Waals surface area (Å²) in [5.41, 5.74) is 1.72. The zero-order valence-electron chi connectivity index (χ0n) is 11.6. The van der Waals surface area contributed by atoms with Gasteiger partial charge in [-0.25, -0.2) is 8.78 Å². The molecule has 0 saturated heterocycles. The lowest BCUT2D eigenvalue weighted by Crippen LogP contribution is -1.99. The van der Waals surface area contributed by atoms with Crippen molar-refractivity contribution in [2.45, 2.75) is 13.5 Å². The fourth-order valence-corrected chi connectivity index (χ4v) is 2.45. The zero-order chi connectivity index (χ0) is 14.8. The van der Waals surface area contributed by atoms with E-state index in [1.807, 2.05) is 42.0 Å². The van der Waals surface area contributed by atoms with Gasteiger partial charge in [0.2, 0.25) is 0 Å². The van der Waals surface area contributed by atoms with Crippen molar-refractivity contribution in [2.75, 3.05) is 6.61 Å². The largest absolute Gasteiger partial charge is 0.493 e. The van der Waals surface area contributed by atoms with E-state index in [4.69, 9.17) is 4.74 Å². The first-order chi connectivity index (χ1) is 10.2. The number of rotatable bonds is 4. The van der Waals surface area contributed by atoms with Crippen LogP contribution in [0, 0.1) is 11.6 Å². The third-order valence-electron chi connectivity index (χ3n) is 3.41. The van der Waals surface area contributed by atoms with Crippen molar-refractivity contribution in [1.82, 2.24) is 4.57 Å². The summed E-state index contributed by atoms with van der Waals surface area (Å²) >= 11 is 0. The minimum atomic E-state index is -0.824. The molecule has 3 rings (SSSR count). The third-order valence-corrected chi connectivity index (χ3v) is 3.41. The summed E-state index contributed by atoms with van der Waals surface area (Å²) in [7, 11) is 0. The molecule has 0 unspecified atom stereocenters. The molecule has 1 heterocycles. The highest BCUT2D eigenvalue weighted by Crippen LogP contribution is 2.27. The predicted octanol–water partition coefficient (Wildman–Crippen LogP) is 4.37. The number of fused-ring (bicyclic) bond motifs is 1. The SMILES string of the molecule is CCOc1cccc2c1ccn2Cc1ccc(F)c(F)c1. The van der Waals surface area contributed by atoms with Crippen LogP contribution in [-0.2, 0) is 6.54 Å². The molecule has 0 radical (unpaired) electrons. The first kappa shape index (κ1) is 13.6. The molecule has 0 amide bonds. The van der Waals surface area contributed by atoms with Crippen molar-refractivity contribution in [3.05, 3.63) is 65.9 Å². The molecule has 0 aliphatic carbocycles. The summed E-state index contributed by atoms with van der Waals surface area (Å²) < 4.78 is 33.8. The molecule has 0 N–H and O–H groups in total. The molecule has 1 aromatic heterocycles. The molecule has 21 heavy (non-hydrogen) atoms. The van der Waals surface area contributed by atoms with E-state index >= 15 is 0 Å². The lowest BCUT2D eigenvalue weighted by molar-refractivity contribution is 0.344. The molecule has 0 spiro atoms. The van der Waals surface area contributed by atoms with Gasteiger partial charge in [-0.1, -0.05) is 12.1 Å². The van der Waals surface area contributed by atoms with Gasteiger partial charge in [0.25, 0.3) is 0 Å². The van der Waals surface area contributed by atoms with Gasteiger partial charge in [0.15, 0.2) is 11.6 Å². The van der Waals surface area contributed by atoms with Crippen LogP contribution in [-0.4, -0.2) is 11.2 Å². The van der Waals surface area contributed by atoms with E-state index in [1.165, 1.54) is 6.07 Å². The van der Waals surface area contributed by atoms with Gasteiger partial charge < -0.3 is 9.30 Å². The van der Waals surface area contributed by atoms with Crippen LogP contribution in [0.5, 0.6) is 5.75 Å². The number of halogens is 2. The normalized spacial score (nSPS) is 11.0. The molecule has 4 heteroatoms. The van der Waals surface area contributed by atoms with Crippen molar-refractivity contribution in [2.24, 2.45) is 0 Å². The van der Waals surface area contributed by atoms with Gasteiger partial charge in [0, 0.05) is 18.1 Å². The maximum Gasteiger partial charge on any atom is 0.159 e. The summed E-state index contributed by atoms with van der Waals surface area (Å²) in [6, 6.07) is 11.8. The summed E-state index contributed by atoms with van der Waals surface area (Å²) in [5.74, 6) is -0.812. The van der Waals surface area contributed by atoms with E-state index in [0.717, 1.165) is 22.7 Å². The number of aromatic nitrogens is 1. The molecule has 2 aromatic carbocycles. The highest BCUT2D eigenvalue weighted by molar-refractivity contribution is 5.86. The standard InChI is InChI=1S/C17H15F2NO/c1-2-21-17-5-3-4-16-13(17)8-9-20(16)11-12-6-7-14(18)15(19)10-12/h3-10H,2,11H2,1H3. The number of ether oxygens (including phenoxy) is 1. The summed E-state index contributed by atoms with van der Waals surface area (Å²) in [4.78, 5) is 0. The lowest BCUT2D eigenvalue weighted by atomic mass is 10.2. The van der Waals surface area contributed by atoms with Crippen molar-refractivity contribution >= 4 is 10.9 Å². The topological polar surface area (TPSA) is 14.2 Å². The quantitative estimate of drug-likeness (QED) is 0.695.